The molecular formula is C33H30ClN7O2. The average molecular weight is 592 g/mol. The first-order valence-corrected chi connectivity index (χ1v) is 14.5. The van der Waals surface area contributed by atoms with Crippen molar-refractivity contribution in [2.75, 3.05) is 24.5 Å². The van der Waals surface area contributed by atoms with Gasteiger partial charge in [0.1, 0.15) is 0 Å². The highest BCUT2D eigenvalue weighted by atomic mass is 35.5. The number of nitriles is 1. The van der Waals surface area contributed by atoms with Crippen LogP contribution in [0.1, 0.15) is 30.5 Å². The maximum Gasteiger partial charge on any atom is 0.274 e. The molecule has 10 heteroatoms. The first-order valence-electron chi connectivity index (χ1n) is 14.1. The maximum atomic E-state index is 13.7. The van der Waals surface area contributed by atoms with Crippen molar-refractivity contribution in [2.45, 2.75) is 33.0 Å². The zero-order valence-electron chi connectivity index (χ0n) is 23.9. The fourth-order valence-corrected chi connectivity index (χ4v) is 5.95. The molecule has 1 atom stereocenters. The summed E-state index contributed by atoms with van der Waals surface area (Å²) in [7, 11) is 0. The zero-order valence-corrected chi connectivity index (χ0v) is 24.7. The minimum atomic E-state index is -0.124. The van der Waals surface area contributed by atoms with Gasteiger partial charge in [0, 0.05) is 55.6 Å². The fraction of sp³-hybridized carbons (Fsp3) is 0.242. The number of amides is 1. The van der Waals surface area contributed by atoms with Crippen LogP contribution in [0, 0.1) is 11.3 Å². The molecule has 9 nitrogen and oxygen atoms in total. The number of aromatic nitrogens is 4. The second kappa shape index (κ2) is 11.7. The Morgan fingerprint density at radius 3 is 2.49 bits per heavy atom. The zero-order chi connectivity index (χ0) is 30.1. The molecule has 0 unspecified atom stereocenters. The summed E-state index contributed by atoms with van der Waals surface area (Å²) >= 11 is 6.55. The Kier molecular flexibility index (Phi) is 7.70. The molecule has 3 aromatic carbocycles. The van der Waals surface area contributed by atoms with E-state index in [0.29, 0.717) is 54.6 Å². The van der Waals surface area contributed by atoms with Crippen molar-refractivity contribution in [1.82, 2.24) is 24.2 Å². The molecule has 2 aromatic heterocycles. The number of hydrogen-bond donors (Lipinski definition) is 0. The fourth-order valence-electron chi connectivity index (χ4n) is 5.75. The quantitative estimate of drug-likeness (QED) is 0.277. The number of benzene rings is 3. The molecule has 0 N–H and O–H groups in total. The molecule has 1 aliphatic heterocycles. The molecule has 1 saturated heterocycles. The van der Waals surface area contributed by atoms with E-state index in [1.54, 1.807) is 36.1 Å². The molecule has 5 aromatic rings. The lowest BCUT2D eigenvalue weighted by molar-refractivity contribution is -0.131. The van der Waals surface area contributed by atoms with Crippen molar-refractivity contribution in [2.24, 2.45) is 0 Å². The smallest absolute Gasteiger partial charge is 0.274 e. The van der Waals surface area contributed by atoms with Crippen molar-refractivity contribution >= 4 is 34.4 Å². The van der Waals surface area contributed by atoms with E-state index in [0.717, 1.165) is 27.8 Å². The first kappa shape index (κ1) is 28.2. The topological polar surface area (TPSA) is 100 Å². The van der Waals surface area contributed by atoms with Crippen molar-refractivity contribution in [3.63, 3.8) is 0 Å². The van der Waals surface area contributed by atoms with E-state index in [1.165, 1.54) is 0 Å². The highest BCUT2D eigenvalue weighted by Crippen LogP contribution is 2.26. The molecule has 0 saturated carbocycles. The minimum Gasteiger partial charge on any atom is -0.337 e. The van der Waals surface area contributed by atoms with Crippen LogP contribution in [0.15, 0.2) is 83.9 Å². The van der Waals surface area contributed by atoms with Crippen molar-refractivity contribution in [1.29, 1.82) is 5.26 Å². The molecule has 0 spiro atoms. The van der Waals surface area contributed by atoms with Gasteiger partial charge in [-0.05, 0) is 53.9 Å². The molecule has 43 heavy (non-hydrogen) atoms. The average Bonchev–Trinajstić information content (AvgIpc) is 3.27. The van der Waals surface area contributed by atoms with Gasteiger partial charge in [-0.2, -0.15) is 5.26 Å². The highest BCUT2D eigenvalue weighted by Gasteiger charge is 2.26. The number of anilines is 1. The molecule has 1 aliphatic rings. The van der Waals surface area contributed by atoms with E-state index in [2.05, 4.69) is 20.9 Å². The number of hydrogen-bond acceptors (Lipinski definition) is 6. The van der Waals surface area contributed by atoms with Gasteiger partial charge < -0.3 is 9.80 Å². The Labute approximate surface area is 254 Å². The first-order chi connectivity index (χ1) is 20.8. The molecular weight excluding hydrogens is 562 g/mol. The normalized spacial score (nSPS) is 15.1. The molecule has 3 heterocycles. The summed E-state index contributed by atoms with van der Waals surface area (Å²) in [6, 6.07) is 22.9. The lowest BCUT2D eigenvalue weighted by Crippen LogP contribution is -2.53. The van der Waals surface area contributed by atoms with E-state index in [-0.39, 0.29) is 17.5 Å². The van der Waals surface area contributed by atoms with Crippen LogP contribution in [-0.4, -0.2) is 55.8 Å². The van der Waals surface area contributed by atoms with E-state index in [9.17, 15) is 14.9 Å². The van der Waals surface area contributed by atoms with Gasteiger partial charge in [-0.15, -0.1) is 0 Å². The summed E-state index contributed by atoms with van der Waals surface area (Å²) in [5.41, 5.74) is 4.63. The summed E-state index contributed by atoms with van der Waals surface area (Å²) in [5.74, 6) is 0.706. The van der Waals surface area contributed by atoms with Gasteiger partial charge in [-0.3, -0.25) is 14.3 Å². The number of nitrogens with zero attached hydrogens (tertiary/aromatic N) is 7. The standard InChI is InChI=1S/C33H30ClN7O2/c1-22-19-38(12-13-39(22)23(2)42)33-36-17-28(18-37-33)26-10-11-29-31(15-26)40(21-27-8-3-4-9-30(27)34)41(32(29)43)20-25-7-5-6-24(14-25)16-35/h3-11,14-15,17-18,22H,12-13,19-21H2,1-2H3/t22-/m1/s1. The molecule has 0 aliphatic carbocycles. The largest absolute Gasteiger partial charge is 0.337 e. The number of piperazine rings is 1. The summed E-state index contributed by atoms with van der Waals surface area (Å²) in [6.45, 7) is 6.31. The minimum absolute atomic E-state index is 0.0799. The van der Waals surface area contributed by atoms with Gasteiger partial charge in [0.15, 0.2) is 0 Å². The Morgan fingerprint density at radius 1 is 0.977 bits per heavy atom. The van der Waals surface area contributed by atoms with Gasteiger partial charge in [0.2, 0.25) is 11.9 Å². The van der Waals surface area contributed by atoms with Crippen molar-refractivity contribution < 1.29 is 4.79 Å². The summed E-state index contributed by atoms with van der Waals surface area (Å²) in [6.07, 6.45) is 3.60. The number of carbonyl (C=O) groups excluding carboxylic acids is 1. The van der Waals surface area contributed by atoms with E-state index < -0.39 is 0 Å². The predicted octanol–water partition coefficient (Wildman–Crippen LogP) is 4.94. The molecule has 0 bridgehead atoms. The second-order valence-corrected chi connectivity index (χ2v) is 11.2. The Hall–Kier alpha value is -4.94. The maximum absolute atomic E-state index is 13.7. The molecule has 6 rings (SSSR count). The second-order valence-electron chi connectivity index (χ2n) is 10.8. The van der Waals surface area contributed by atoms with Gasteiger partial charge >= 0.3 is 0 Å². The van der Waals surface area contributed by atoms with Crippen LogP contribution in [0.3, 0.4) is 0 Å². The van der Waals surface area contributed by atoms with Gasteiger partial charge in [-0.25, -0.2) is 14.6 Å². The van der Waals surface area contributed by atoms with E-state index in [4.69, 9.17) is 11.6 Å². The lowest BCUT2D eigenvalue weighted by atomic mass is 10.1. The van der Waals surface area contributed by atoms with Crippen LogP contribution in [0.5, 0.6) is 0 Å². The molecule has 1 amide bonds. The van der Waals surface area contributed by atoms with E-state index >= 15 is 0 Å². The number of fused-ring (bicyclic) bond motifs is 1. The number of rotatable bonds is 6. The SMILES string of the molecule is CC(=O)N1CCN(c2ncc(-c3ccc4c(=O)n(Cc5cccc(C#N)c5)n(Cc5ccccc5Cl)c4c3)cn2)C[C@H]1C. The summed E-state index contributed by atoms with van der Waals surface area (Å²) in [5, 5.41) is 10.6. The Balaban J connectivity index is 1.37. The van der Waals surface area contributed by atoms with Crippen LogP contribution in [0.2, 0.25) is 5.02 Å². The van der Waals surface area contributed by atoms with Crippen LogP contribution in [-0.2, 0) is 17.9 Å². The lowest BCUT2D eigenvalue weighted by Gasteiger charge is -2.39. The molecule has 216 valence electrons. The van der Waals surface area contributed by atoms with Crippen LogP contribution < -0.4 is 10.5 Å². The molecule has 0 radical (unpaired) electrons. The third-order valence-electron chi connectivity index (χ3n) is 7.98. The number of halogens is 1. The number of carbonyl (C=O) groups is 1. The van der Waals surface area contributed by atoms with Crippen molar-refractivity contribution in [3.8, 4) is 17.2 Å². The third-order valence-corrected chi connectivity index (χ3v) is 8.35. The summed E-state index contributed by atoms with van der Waals surface area (Å²) in [4.78, 5) is 38.9. The summed E-state index contributed by atoms with van der Waals surface area (Å²) < 4.78 is 3.66. The third kappa shape index (κ3) is 5.62. The predicted molar refractivity (Wildman–Crippen MR) is 167 cm³/mol. The van der Waals surface area contributed by atoms with Gasteiger partial charge in [0.25, 0.3) is 5.56 Å². The highest BCUT2D eigenvalue weighted by molar-refractivity contribution is 6.31. The Bertz CT molecular complexity index is 1920. The van der Waals surface area contributed by atoms with Crippen LogP contribution in [0.4, 0.5) is 5.95 Å². The van der Waals surface area contributed by atoms with Gasteiger partial charge in [-0.1, -0.05) is 48.0 Å². The van der Waals surface area contributed by atoms with Crippen molar-refractivity contribution in [3.05, 3.63) is 111 Å². The molecule has 1 fully saturated rings. The Morgan fingerprint density at radius 2 is 1.77 bits per heavy atom. The van der Waals surface area contributed by atoms with Crippen LogP contribution >= 0.6 is 11.6 Å². The van der Waals surface area contributed by atoms with Crippen LogP contribution in [0.25, 0.3) is 22.0 Å². The van der Waals surface area contributed by atoms with Gasteiger partial charge in [0.05, 0.1) is 35.6 Å². The van der Waals surface area contributed by atoms with E-state index in [1.807, 2.05) is 71.1 Å². The monoisotopic (exact) mass is 591 g/mol.